The van der Waals surface area contributed by atoms with Gasteiger partial charge in [-0.05, 0) is 30.5 Å². The molecule has 1 N–H and O–H groups in total. The van der Waals surface area contributed by atoms with Crippen LogP contribution < -0.4 is 4.74 Å². The second-order valence-electron chi connectivity index (χ2n) is 4.24. The number of aliphatic hydroxyl groups is 1. The molecule has 2 nitrogen and oxygen atoms in total. The van der Waals surface area contributed by atoms with Gasteiger partial charge < -0.3 is 9.84 Å². The minimum atomic E-state index is -0.409. The fourth-order valence-corrected chi connectivity index (χ4v) is 1.58. The maximum Gasteiger partial charge on any atom is 0.119 e. The van der Waals surface area contributed by atoms with Crippen LogP contribution in [0, 0.1) is 5.92 Å². The molecule has 16 heavy (non-hydrogen) atoms. The Kier molecular flexibility index (Phi) is 5.33. The minimum absolute atomic E-state index is 0.409. The Hall–Kier alpha value is -1.02. The van der Waals surface area contributed by atoms with Crippen molar-refractivity contribution in [3.63, 3.8) is 0 Å². The Morgan fingerprint density at radius 1 is 1.12 bits per heavy atom. The predicted molar refractivity (Wildman–Crippen MR) is 66.6 cm³/mol. The van der Waals surface area contributed by atoms with Crippen molar-refractivity contribution >= 4 is 0 Å². The molecule has 1 unspecified atom stereocenters. The van der Waals surface area contributed by atoms with Crippen molar-refractivity contribution < 1.29 is 9.84 Å². The van der Waals surface area contributed by atoms with Gasteiger partial charge in [0.05, 0.1) is 12.7 Å². The molecule has 0 amide bonds. The summed E-state index contributed by atoms with van der Waals surface area (Å²) in [7, 11) is 0. The topological polar surface area (TPSA) is 29.5 Å². The van der Waals surface area contributed by atoms with Crippen molar-refractivity contribution in [2.75, 3.05) is 6.61 Å². The summed E-state index contributed by atoms with van der Waals surface area (Å²) in [6.07, 6.45) is 1.90. The Bertz CT molecular complexity index is 286. The molecular weight excluding hydrogens is 200 g/mol. The van der Waals surface area contributed by atoms with Gasteiger partial charge in [0.1, 0.15) is 5.75 Å². The monoisotopic (exact) mass is 222 g/mol. The lowest BCUT2D eigenvalue weighted by molar-refractivity contribution is 0.199. The van der Waals surface area contributed by atoms with Crippen molar-refractivity contribution in [1.82, 2.24) is 0 Å². The van der Waals surface area contributed by atoms with Gasteiger partial charge >= 0.3 is 0 Å². The van der Waals surface area contributed by atoms with Gasteiger partial charge in [0.15, 0.2) is 0 Å². The van der Waals surface area contributed by atoms with Gasteiger partial charge in [-0.15, -0.1) is 0 Å². The molecule has 0 aromatic heterocycles. The van der Waals surface area contributed by atoms with Crippen molar-refractivity contribution in [1.29, 1.82) is 0 Å². The van der Waals surface area contributed by atoms with E-state index in [1.165, 1.54) is 0 Å². The summed E-state index contributed by atoms with van der Waals surface area (Å²) in [6.45, 7) is 6.92. The maximum atomic E-state index is 9.37. The number of hydrogen-bond donors (Lipinski definition) is 1. The first-order chi connectivity index (χ1) is 7.67. The highest BCUT2D eigenvalue weighted by Gasteiger charge is 2.05. The number of hydrogen-bond acceptors (Lipinski definition) is 2. The molecule has 1 rings (SSSR count). The molecule has 2 heteroatoms. The van der Waals surface area contributed by atoms with Crippen LogP contribution in [0.3, 0.4) is 0 Å². The summed E-state index contributed by atoms with van der Waals surface area (Å²) in [5, 5.41) is 9.37. The SMILES string of the molecule is CCC(CC)COc1ccc(C(C)O)cc1. The van der Waals surface area contributed by atoms with E-state index in [0.717, 1.165) is 30.8 Å². The zero-order chi connectivity index (χ0) is 12.0. The first kappa shape index (κ1) is 13.0. The fourth-order valence-electron chi connectivity index (χ4n) is 1.58. The lowest BCUT2D eigenvalue weighted by atomic mass is 10.1. The molecule has 0 aliphatic carbocycles. The van der Waals surface area contributed by atoms with E-state index >= 15 is 0 Å². The van der Waals surface area contributed by atoms with E-state index in [1.54, 1.807) is 6.92 Å². The second-order valence-corrected chi connectivity index (χ2v) is 4.24. The van der Waals surface area contributed by atoms with Crippen LogP contribution in [0.1, 0.15) is 45.3 Å². The van der Waals surface area contributed by atoms with Crippen molar-refractivity contribution in [2.45, 2.75) is 39.7 Å². The summed E-state index contributed by atoms with van der Waals surface area (Å²) in [6, 6.07) is 7.66. The Balaban J connectivity index is 2.49. The van der Waals surface area contributed by atoms with Crippen LogP contribution in [-0.2, 0) is 0 Å². The summed E-state index contributed by atoms with van der Waals surface area (Å²) >= 11 is 0. The van der Waals surface area contributed by atoms with Gasteiger partial charge in [0.2, 0.25) is 0 Å². The molecule has 0 saturated heterocycles. The van der Waals surface area contributed by atoms with E-state index in [1.807, 2.05) is 24.3 Å². The lowest BCUT2D eigenvalue weighted by Crippen LogP contribution is -2.10. The molecular formula is C14H22O2. The van der Waals surface area contributed by atoms with Crippen LogP contribution in [0.25, 0.3) is 0 Å². The first-order valence-corrected chi connectivity index (χ1v) is 6.08. The third-order valence-corrected chi connectivity index (χ3v) is 3.00. The molecule has 0 heterocycles. The van der Waals surface area contributed by atoms with Gasteiger partial charge in [0.25, 0.3) is 0 Å². The number of aliphatic hydroxyl groups excluding tert-OH is 1. The molecule has 0 radical (unpaired) electrons. The minimum Gasteiger partial charge on any atom is -0.493 e. The average molecular weight is 222 g/mol. The average Bonchev–Trinajstić information content (AvgIpc) is 2.31. The summed E-state index contributed by atoms with van der Waals surface area (Å²) in [4.78, 5) is 0. The van der Waals surface area contributed by atoms with Crippen LogP contribution in [0.15, 0.2) is 24.3 Å². The van der Waals surface area contributed by atoms with E-state index in [-0.39, 0.29) is 0 Å². The van der Waals surface area contributed by atoms with Crippen molar-refractivity contribution in [3.8, 4) is 5.75 Å². The van der Waals surface area contributed by atoms with Crippen LogP contribution in [0.4, 0.5) is 0 Å². The van der Waals surface area contributed by atoms with Crippen LogP contribution in [0.2, 0.25) is 0 Å². The third kappa shape index (κ3) is 3.86. The zero-order valence-corrected chi connectivity index (χ0v) is 10.4. The highest BCUT2D eigenvalue weighted by molar-refractivity contribution is 5.28. The van der Waals surface area contributed by atoms with Gasteiger partial charge in [-0.2, -0.15) is 0 Å². The molecule has 0 fully saturated rings. The molecule has 0 saturated carbocycles. The van der Waals surface area contributed by atoms with Gasteiger partial charge in [0, 0.05) is 0 Å². The number of benzene rings is 1. The lowest BCUT2D eigenvalue weighted by Gasteiger charge is -2.14. The largest absolute Gasteiger partial charge is 0.493 e. The van der Waals surface area contributed by atoms with E-state index < -0.39 is 6.10 Å². The molecule has 0 bridgehead atoms. The van der Waals surface area contributed by atoms with Crippen molar-refractivity contribution in [2.24, 2.45) is 5.92 Å². The maximum absolute atomic E-state index is 9.37. The van der Waals surface area contributed by atoms with Crippen LogP contribution in [0.5, 0.6) is 5.75 Å². The van der Waals surface area contributed by atoms with E-state index in [2.05, 4.69) is 13.8 Å². The molecule has 0 spiro atoms. The van der Waals surface area contributed by atoms with Crippen LogP contribution in [-0.4, -0.2) is 11.7 Å². The summed E-state index contributed by atoms with van der Waals surface area (Å²) < 4.78 is 5.70. The third-order valence-electron chi connectivity index (χ3n) is 3.00. The smallest absolute Gasteiger partial charge is 0.119 e. The van der Waals surface area contributed by atoms with Gasteiger partial charge in [-0.1, -0.05) is 38.8 Å². The number of ether oxygens (including phenoxy) is 1. The first-order valence-electron chi connectivity index (χ1n) is 6.08. The molecule has 90 valence electrons. The quantitative estimate of drug-likeness (QED) is 0.797. The molecule has 0 aliphatic heterocycles. The Morgan fingerprint density at radius 3 is 2.12 bits per heavy atom. The fraction of sp³-hybridized carbons (Fsp3) is 0.571. The normalized spacial score (nSPS) is 12.8. The number of rotatable bonds is 6. The van der Waals surface area contributed by atoms with E-state index in [0.29, 0.717) is 5.92 Å². The van der Waals surface area contributed by atoms with E-state index in [9.17, 15) is 5.11 Å². The standard InChI is InChI=1S/C14H22O2/c1-4-12(5-2)10-16-14-8-6-13(7-9-14)11(3)15/h6-9,11-12,15H,4-5,10H2,1-3H3. The summed E-state index contributed by atoms with van der Waals surface area (Å²) in [5.74, 6) is 1.52. The van der Waals surface area contributed by atoms with Gasteiger partial charge in [-0.3, -0.25) is 0 Å². The highest BCUT2D eigenvalue weighted by atomic mass is 16.5. The predicted octanol–water partition coefficient (Wildman–Crippen LogP) is 3.55. The molecule has 1 atom stereocenters. The molecule has 0 aliphatic rings. The summed E-state index contributed by atoms with van der Waals surface area (Å²) in [5.41, 5.74) is 0.926. The Morgan fingerprint density at radius 2 is 1.69 bits per heavy atom. The van der Waals surface area contributed by atoms with Gasteiger partial charge in [-0.25, -0.2) is 0 Å². The second kappa shape index (κ2) is 6.54. The van der Waals surface area contributed by atoms with Crippen LogP contribution >= 0.6 is 0 Å². The zero-order valence-electron chi connectivity index (χ0n) is 10.4. The van der Waals surface area contributed by atoms with E-state index in [4.69, 9.17) is 4.74 Å². The molecule has 1 aromatic rings. The van der Waals surface area contributed by atoms with Crippen molar-refractivity contribution in [3.05, 3.63) is 29.8 Å². The Labute approximate surface area is 98.3 Å². The molecule has 1 aromatic carbocycles. The highest BCUT2D eigenvalue weighted by Crippen LogP contribution is 2.18.